The summed E-state index contributed by atoms with van der Waals surface area (Å²) in [7, 11) is 0. The standard InChI is InChI=1S/C18H20ClN3/c1-18(2,3)12-22-16(11-13-6-4-7-14(19)10-13)21-15-8-5-9-20-17(15)22/h4-10H,11-12H2,1-3H3. The molecule has 0 saturated carbocycles. The van der Waals surface area contributed by atoms with Crippen molar-refractivity contribution in [3.63, 3.8) is 0 Å². The molecule has 0 aliphatic rings. The molecule has 4 heteroatoms. The molecule has 0 bridgehead atoms. The zero-order chi connectivity index (χ0) is 15.7. The molecule has 0 spiro atoms. The first kappa shape index (κ1) is 15.0. The van der Waals surface area contributed by atoms with Gasteiger partial charge in [0.05, 0.1) is 0 Å². The number of imidazole rings is 1. The third-order valence-electron chi connectivity index (χ3n) is 3.47. The number of hydrogen-bond acceptors (Lipinski definition) is 2. The Labute approximate surface area is 136 Å². The SMILES string of the molecule is CC(C)(C)Cn1c(Cc2cccc(Cl)c2)nc2cccnc21. The van der Waals surface area contributed by atoms with Gasteiger partial charge >= 0.3 is 0 Å². The fourth-order valence-corrected chi connectivity index (χ4v) is 2.82. The Bertz CT molecular complexity index is 799. The molecule has 1 aromatic carbocycles. The minimum Gasteiger partial charge on any atom is -0.312 e. The lowest BCUT2D eigenvalue weighted by molar-refractivity contribution is 0.343. The van der Waals surface area contributed by atoms with E-state index in [-0.39, 0.29) is 5.41 Å². The largest absolute Gasteiger partial charge is 0.312 e. The Hall–Kier alpha value is -1.87. The molecule has 0 amide bonds. The highest BCUT2D eigenvalue weighted by Crippen LogP contribution is 2.24. The lowest BCUT2D eigenvalue weighted by Gasteiger charge is -2.21. The zero-order valence-electron chi connectivity index (χ0n) is 13.2. The van der Waals surface area contributed by atoms with Gasteiger partial charge in [0.25, 0.3) is 0 Å². The summed E-state index contributed by atoms with van der Waals surface area (Å²) >= 11 is 6.10. The smallest absolute Gasteiger partial charge is 0.160 e. The van der Waals surface area contributed by atoms with Crippen LogP contribution in [0.15, 0.2) is 42.6 Å². The van der Waals surface area contributed by atoms with Crippen LogP contribution < -0.4 is 0 Å². The summed E-state index contributed by atoms with van der Waals surface area (Å²) in [5, 5.41) is 0.758. The van der Waals surface area contributed by atoms with Crippen molar-refractivity contribution in [3.05, 3.63) is 59.0 Å². The van der Waals surface area contributed by atoms with E-state index >= 15 is 0 Å². The van der Waals surface area contributed by atoms with Gasteiger partial charge in [0.2, 0.25) is 0 Å². The van der Waals surface area contributed by atoms with Crippen molar-refractivity contribution in [3.8, 4) is 0 Å². The van der Waals surface area contributed by atoms with Gasteiger partial charge in [-0.2, -0.15) is 0 Å². The summed E-state index contributed by atoms with van der Waals surface area (Å²) in [6, 6.07) is 11.9. The molecule has 0 aliphatic heterocycles. The van der Waals surface area contributed by atoms with Crippen LogP contribution in [0, 0.1) is 5.41 Å². The van der Waals surface area contributed by atoms with Crippen LogP contribution in [0.25, 0.3) is 11.2 Å². The summed E-state index contributed by atoms with van der Waals surface area (Å²) in [5.41, 5.74) is 3.23. The van der Waals surface area contributed by atoms with Crippen molar-refractivity contribution >= 4 is 22.8 Å². The van der Waals surface area contributed by atoms with Crippen molar-refractivity contribution in [2.75, 3.05) is 0 Å². The minimum atomic E-state index is 0.161. The van der Waals surface area contributed by atoms with Gasteiger partial charge in [0, 0.05) is 24.2 Å². The van der Waals surface area contributed by atoms with E-state index in [0.717, 1.165) is 40.5 Å². The molecule has 0 aliphatic carbocycles. The number of nitrogens with zero attached hydrogens (tertiary/aromatic N) is 3. The second-order valence-corrected chi connectivity index (χ2v) is 7.26. The number of pyridine rings is 1. The van der Waals surface area contributed by atoms with Gasteiger partial charge in [-0.1, -0.05) is 44.5 Å². The zero-order valence-corrected chi connectivity index (χ0v) is 13.9. The van der Waals surface area contributed by atoms with Crippen LogP contribution >= 0.6 is 11.6 Å². The van der Waals surface area contributed by atoms with Crippen molar-refractivity contribution in [1.82, 2.24) is 14.5 Å². The number of halogens is 1. The van der Waals surface area contributed by atoms with Crippen LogP contribution in [0.2, 0.25) is 5.02 Å². The lowest BCUT2D eigenvalue weighted by atomic mass is 9.96. The summed E-state index contributed by atoms with van der Waals surface area (Å²) in [6.07, 6.45) is 2.58. The maximum Gasteiger partial charge on any atom is 0.160 e. The molecule has 3 aromatic rings. The lowest BCUT2D eigenvalue weighted by Crippen LogP contribution is -2.18. The molecule has 2 aromatic heterocycles. The quantitative estimate of drug-likeness (QED) is 0.700. The molecule has 0 unspecified atom stereocenters. The van der Waals surface area contributed by atoms with Crippen LogP contribution in [0.3, 0.4) is 0 Å². The van der Waals surface area contributed by atoms with E-state index in [0.29, 0.717) is 0 Å². The maximum absolute atomic E-state index is 6.10. The van der Waals surface area contributed by atoms with Gasteiger partial charge in [-0.3, -0.25) is 0 Å². The maximum atomic E-state index is 6.10. The van der Waals surface area contributed by atoms with Crippen molar-refractivity contribution in [2.45, 2.75) is 33.7 Å². The Kier molecular flexibility index (Phi) is 3.92. The molecular formula is C18H20ClN3. The molecule has 0 N–H and O–H groups in total. The molecule has 0 atom stereocenters. The van der Waals surface area contributed by atoms with E-state index in [9.17, 15) is 0 Å². The van der Waals surface area contributed by atoms with Crippen molar-refractivity contribution in [1.29, 1.82) is 0 Å². The van der Waals surface area contributed by atoms with Crippen molar-refractivity contribution in [2.24, 2.45) is 5.41 Å². The minimum absolute atomic E-state index is 0.161. The number of aromatic nitrogens is 3. The monoisotopic (exact) mass is 313 g/mol. The second-order valence-electron chi connectivity index (χ2n) is 6.83. The second kappa shape index (κ2) is 5.73. The fraction of sp³-hybridized carbons (Fsp3) is 0.333. The molecule has 3 nitrogen and oxygen atoms in total. The van der Waals surface area contributed by atoms with Crippen LogP contribution in [0.1, 0.15) is 32.2 Å². The van der Waals surface area contributed by atoms with E-state index in [4.69, 9.17) is 16.6 Å². The third-order valence-corrected chi connectivity index (χ3v) is 3.70. The van der Waals surface area contributed by atoms with Gasteiger partial charge in [-0.25, -0.2) is 9.97 Å². The highest BCUT2D eigenvalue weighted by Gasteiger charge is 2.18. The summed E-state index contributed by atoms with van der Waals surface area (Å²) in [5.74, 6) is 1.03. The summed E-state index contributed by atoms with van der Waals surface area (Å²) in [6.45, 7) is 7.57. The normalized spacial score (nSPS) is 12.0. The summed E-state index contributed by atoms with van der Waals surface area (Å²) in [4.78, 5) is 9.30. The Morgan fingerprint density at radius 3 is 2.68 bits per heavy atom. The number of hydrogen-bond donors (Lipinski definition) is 0. The molecule has 0 fully saturated rings. The molecule has 22 heavy (non-hydrogen) atoms. The van der Waals surface area contributed by atoms with E-state index in [1.54, 1.807) is 0 Å². The average Bonchev–Trinajstić information content (AvgIpc) is 2.75. The van der Waals surface area contributed by atoms with Gasteiger partial charge in [-0.05, 0) is 35.2 Å². The Morgan fingerprint density at radius 2 is 1.95 bits per heavy atom. The molecule has 0 radical (unpaired) electrons. The molecular weight excluding hydrogens is 294 g/mol. The number of rotatable bonds is 3. The van der Waals surface area contributed by atoms with Gasteiger partial charge < -0.3 is 4.57 Å². The average molecular weight is 314 g/mol. The van der Waals surface area contributed by atoms with Gasteiger partial charge in [0.15, 0.2) is 5.65 Å². The van der Waals surface area contributed by atoms with Crippen LogP contribution in [-0.2, 0) is 13.0 Å². The predicted molar refractivity (Wildman–Crippen MR) is 91.2 cm³/mol. The molecule has 0 saturated heterocycles. The Balaban J connectivity index is 2.06. The first-order valence-corrected chi connectivity index (χ1v) is 7.85. The van der Waals surface area contributed by atoms with E-state index in [1.165, 1.54) is 0 Å². The third kappa shape index (κ3) is 3.30. The van der Waals surface area contributed by atoms with E-state index in [2.05, 4.69) is 36.4 Å². The molecule has 3 rings (SSSR count). The van der Waals surface area contributed by atoms with Crippen molar-refractivity contribution < 1.29 is 0 Å². The number of fused-ring (bicyclic) bond motifs is 1. The first-order chi connectivity index (χ1) is 10.4. The number of benzene rings is 1. The highest BCUT2D eigenvalue weighted by atomic mass is 35.5. The Morgan fingerprint density at radius 1 is 1.14 bits per heavy atom. The van der Waals surface area contributed by atoms with E-state index in [1.807, 2.05) is 36.5 Å². The van der Waals surface area contributed by atoms with E-state index < -0.39 is 0 Å². The van der Waals surface area contributed by atoms with Crippen LogP contribution in [-0.4, -0.2) is 14.5 Å². The van der Waals surface area contributed by atoms with Crippen LogP contribution in [0.5, 0.6) is 0 Å². The van der Waals surface area contributed by atoms with Gasteiger partial charge in [-0.15, -0.1) is 0 Å². The molecule has 114 valence electrons. The van der Waals surface area contributed by atoms with Gasteiger partial charge in [0.1, 0.15) is 11.3 Å². The van der Waals surface area contributed by atoms with Crippen LogP contribution in [0.4, 0.5) is 0 Å². The fourth-order valence-electron chi connectivity index (χ4n) is 2.61. The topological polar surface area (TPSA) is 30.7 Å². The highest BCUT2D eigenvalue weighted by molar-refractivity contribution is 6.30. The summed E-state index contributed by atoms with van der Waals surface area (Å²) < 4.78 is 2.23. The first-order valence-electron chi connectivity index (χ1n) is 7.47. The predicted octanol–water partition coefficient (Wildman–Crippen LogP) is 4.72. The molecule has 2 heterocycles.